The highest BCUT2D eigenvalue weighted by atomic mass is 19.1. The predicted molar refractivity (Wildman–Crippen MR) is 77.2 cm³/mol. The summed E-state index contributed by atoms with van der Waals surface area (Å²) in [6, 6.07) is 5.21. The van der Waals surface area contributed by atoms with E-state index >= 15 is 0 Å². The number of nitrogens with one attached hydrogen (secondary N) is 2. The molecule has 0 unspecified atom stereocenters. The van der Waals surface area contributed by atoms with Crippen LogP contribution in [-0.4, -0.2) is 25.6 Å². The van der Waals surface area contributed by atoms with Crippen molar-refractivity contribution in [1.82, 2.24) is 10.6 Å². The Kier molecular flexibility index (Phi) is 7.01. The summed E-state index contributed by atoms with van der Waals surface area (Å²) in [5.74, 6) is -0.130. The van der Waals surface area contributed by atoms with Gasteiger partial charge in [0.05, 0.1) is 6.61 Å². The third-order valence-electron chi connectivity index (χ3n) is 2.82. The first-order valence-corrected chi connectivity index (χ1v) is 6.88. The maximum absolute atomic E-state index is 13.8. The molecule has 0 spiro atoms. The molecule has 0 bridgehead atoms. The van der Waals surface area contributed by atoms with Gasteiger partial charge in [0, 0.05) is 31.6 Å². The fourth-order valence-electron chi connectivity index (χ4n) is 1.70. The number of amides is 1. The van der Waals surface area contributed by atoms with Crippen molar-refractivity contribution < 1.29 is 13.9 Å². The van der Waals surface area contributed by atoms with E-state index in [9.17, 15) is 9.18 Å². The maximum atomic E-state index is 13.8. The van der Waals surface area contributed by atoms with Crippen molar-refractivity contribution in [3.05, 3.63) is 29.6 Å². The van der Waals surface area contributed by atoms with Gasteiger partial charge in [-0.15, -0.1) is 0 Å². The molecule has 0 atom stereocenters. The normalized spacial score (nSPS) is 10.7. The average molecular weight is 282 g/mol. The summed E-state index contributed by atoms with van der Waals surface area (Å²) in [5, 5.41) is 5.78. The molecular weight excluding hydrogens is 259 g/mol. The van der Waals surface area contributed by atoms with Crippen LogP contribution in [-0.2, 0) is 11.3 Å². The molecule has 0 radical (unpaired) electrons. The van der Waals surface area contributed by atoms with Gasteiger partial charge < -0.3 is 15.4 Å². The molecule has 0 saturated heterocycles. The van der Waals surface area contributed by atoms with Gasteiger partial charge in [-0.3, -0.25) is 4.79 Å². The van der Waals surface area contributed by atoms with Gasteiger partial charge in [-0.1, -0.05) is 26.0 Å². The standard InChI is InChI=1S/C15H23FN2O2/c1-11(2)18-10-12-6-4-7-13(16)15(12)20-9-5-8-14(19)17-3/h4,6-7,11,18H,5,8-10H2,1-3H3,(H,17,19). The van der Waals surface area contributed by atoms with Crippen molar-refractivity contribution >= 4 is 5.91 Å². The van der Waals surface area contributed by atoms with Crippen LogP contribution in [0.25, 0.3) is 0 Å². The molecule has 0 aliphatic carbocycles. The molecular formula is C15H23FN2O2. The molecule has 20 heavy (non-hydrogen) atoms. The van der Waals surface area contributed by atoms with Gasteiger partial charge in [-0.2, -0.15) is 0 Å². The Balaban J connectivity index is 2.56. The first-order chi connectivity index (χ1) is 9.54. The Hall–Kier alpha value is -1.62. The quantitative estimate of drug-likeness (QED) is 0.719. The van der Waals surface area contributed by atoms with Crippen molar-refractivity contribution in [2.45, 2.75) is 39.3 Å². The highest BCUT2D eigenvalue weighted by molar-refractivity contribution is 5.75. The van der Waals surface area contributed by atoms with Gasteiger partial charge in [-0.05, 0) is 12.5 Å². The largest absolute Gasteiger partial charge is 0.490 e. The van der Waals surface area contributed by atoms with Gasteiger partial charge in [-0.25, -0.2) is 4.39 Å². The molecule has 1 aromatic rings. The van der Waals surface area contributed by atoms with E-state index < -0.39 is 0 Å². The highest BCUT2D eigenvalue weighted by Crippen LogP contribution is 2.23. The number of rotatable bonds is 8. The number of hydrogen-bond donors (Lipinski definition) is 2. The third-order valence-corrected chi connectivity index (χ3v) is 2.82. The third kappa shape index (κ3) is 5.57. The van der Waals surface area contributed by atoms with E-state index in [4.69, 9.17) is 4.74 Å². The van der Waals surface area contributed by atoms with E-state index in [1.54, 1.807) is 13.1 Å². The molecule has 0 saturated carbocycles. The lowest BCUT2D eigenvalue weighted by atomic mass is 10.2. The lowest BCUT2D eigenvalue weighted by Gasteiger charge is -2.14. The smallest absolute Gasteiger partial charge is 0.219 e. The Morgan fingerprint density at radius 2 is 2.15 bits per heavy atom. The van der Waals surface area contributed by atoms with Gasteiger partial charge >= 0.3 is 0 Å². The molecule has 112 valence electrons. The zero-order valence-corrected chi connectivity index (χ0v) is 12.3. The first kappa shape index (κ1) is 16.4. The maximum Gasteiger partial charge on any atom is 0.219 e. The average Bonchev–Trinajstić information content (AvgIpc) is 2.42. The van der Waals surface area contributed by atoms with Crippen LogP contribution in [0.1, 0.15) is 32.3 Å². The topological polar surface area (TPSA) is 50.4 Å². The number of para-hydroxylation sites is 1. The first-order valence-electron chi connectivity index (χ1n) is 6.88. The van der Waals surface area contributed by atoms with Gasteiger partial charge in [0.1, 0.15) is 0 Å². The summed E-state index contributed by atoms with van der Waals surface area (Å²) in [5.41, 5.74) is 0.790. The van der Waals surface area contributed by atoms with Gasteiger partial charge in [0.2, 0.25) is 5.91 Å². The number of carbonyl (C=O) groups is 1. The Morgan fingerprint density at radius 3 is 2.80 bits per heavy atom. The monoisotopic (exact) mass is 282 g/mol. The van der Waals surface area contributed by atoms with Crippen LogP contribution in [0, 0.1) is 5.82 Å². The fourth-order valence-corrected chi connectivity index (χ4v) is 1.70. The molecule has 0 heterocycles. The van der Waals surface area contributed by atoms with E-state index in [-0.39, 0.29) is 17.5 Å². The number of hydrogen-bond acceptors (Lipinski definition) is 3. The molecule has 1 rings (SSSR count). The Bertz CT molecular complexity index is 436. The van der Waals surface area contributed by atoms with Crippen LogP contribution >= 0.6 is 0 Å². The van der Waals surface area contributed by atoms with E-state index in [0.29, 0.717) is 32.0 Å². The molecule has 4 nitrogen and oxygen atoms in total. The minimum Gasteiger partial charge on any atom is -0.490 e. The zero-order valence-electron chi connectivity index (χ0n) is 12.3. The summed E-state index contributed by atoms with van der Waals surface area (Å²) in [6.07, 6.45) is 0.940. The summed E-state index contributed by atoms with van der Waals surface area (Å²) in [6.45, 7) is 4.94. The van der Waals surface area contributed by atoms with Crippen LogP contribution < -0.4 is 15.4 Å². The van der Waals surface area contributed by atoms with Crippen molar-refractivity contribution in [1.29, 1.82) is 0 Å². The Labute approximate surface area is 119 Å². The molecule has 0 aliphatic rings. The van der Waals surface area contributed by atoms with Crippen LogP contribution in [0.2, 0.25) is 0 Å². The molecule has 0 aromatic heterocycles. The molecule has 2 N–H and O–H groups in total. The number of ether oxygens (including phenoxy) is 1. The summed E-state index contributed by atoms with van der Waals surface area (Å²) in [7, 11) is 1.59. The summed E-state index contributed by atoms with van der Waals surface area (Å²) < 4.78 is 19.3. The second-order valence-electron chi connectivity index (χ2n) is 4.89. The number of carbonyl (C=O) groups excluding carboxylic acids is 1. The zero-order chi connectivity index (χ0) is 15.0. The van der Waals surface area contributed by atoms with Crippen LogP contribution in [0.4, 0.5) is 4.39 Å². The highest BCUT2D eigenvalue weighted by Gasteiger charge is 2.10. The van der Waals surface area contributed by atoms with Crippen molar-refractivity contribution in [2.75, 3.05) is 13.7 Å². The lowest BCUT2D eigenvalue weighted by Crippen LogP contribution is -2.22. The lowest BCUT2D eigenvalue weighted by molar-refractivity contribution is -0.120. The minimum absolute atomic E-state index is 0.0381. The minimum atomic E-state index is -0.368. The second-order valence-corrected chi connectivity index (χ2v) is 4.89. The second kappa shape index (κ2) is 8.53. The number of halogens is 1. The van der Waals surface area contributed by atoms with E-state index in [1.807, 2.05) is 19.9 Å². The van der Waals surface area contributed by atoms with E-state index in [1.165, 1.54) is 6.07 Å². The number of benzene rings is 1. The summed E-state index contributed by atoms with van der Waals surface area (Å²) >= 11 is 0. The molecule has 5 heteroatoms. The van der Waals surface area contributed by atoms with E-state index in [0.717, 1.165) is 5.56 Å². The SMILES string of the molecule is CNC(=O)CCCOc1c(F)cccc1CNC(C)C. The predicted octanol–water partition coefficient (Wildman–Crippen LogP) is 2.23. The van der Waals surface area contributed by atoms with Crippen molar-refractivity contribution in [2.24, 2.45) is 0 Å². The van der Waals surface area contributed by atoms with Crippen molar-refractivity contribution in [3.63, 3.8) is 0 Å². The molecule has 0 fully saturated rings. The van der Waals surface area contributed by atoms with Crippen LogP contribution in [0.5, 0.6) is 5.75 Å². The molecule has 1 amide bonds. The van der Waals surface area contributed by atoms with Crippen molar-refractivity contribution in [3.8, 4) is 5.75 Å². The van der Waals surface area contributed by atoms with E-state index in [2.05, 4.69) is 10.6 Å². The van der Waals surface area contributed by atoms with Crippen LogP contribution in [0.15, 0.2) is 18.2 Å². The molecule has 0 aliphatic heterocycles. The summed E-state index contributed by atoms with van der Waals surface area (Å²) in [4.78, 5) is 11.1. The van der Waals surface area contributed by atoms with Crippen LogP contribution in [0.3, 0.4) is 0 Å². The fraction of sp³-hybridized carbons (Fsp3) is 0.533. The van der Waals surface area contributed by atoms with Gasteiger partial charge in [0.25, 0.3) is 0 Å². The Morgan fingerprint density at radius 1 is 1.40 bits per heavy atom. The van der Waals surface area contributed by atoms with Gasteiger partial charge in [0.15, 0.2) is 11.6 Å². The molecule has 1 aromatic carbocycles.